The van der Waals surface area contributed by atoms with Crippen LogP contribution in [-0.4, -0.2) is 31.2 Å². The van der Waals surface area contributed by atoms with E-state index in [-0.39, 0.29) is 22.8 Å². The predicted molar refractivity (Wildman–Crippen MR) is 122 cm³/mol. The molecule has 3 fully saturated rings. The monoisotopic (exact) mass is 441 g/mol. The fourth-order valence-electron chi connectivity index (χ4n) is 6.26. The quantitative estimate of drug-likeness (QED) is 0.627. The highest BCUT2D eigenvalue weighted by Crippen LogP contribution is 2.58. The van der Waals surface area contributed by atoms with Gasteiger partial charge in [0.25, 0.3) is 0 Å². The molecule has 1 atom stereocenters. The number of imidazole rings is 1. The number of carbonyl (C=O) groups excluding carboxylic acids is 2. The number of ketones is 1. The summed E-state index contributed by atoms with van der Waals surface area (Å²) in [7, 11) is 0. The van der Waals surface area contributed by atoms with Gasteiger partial charge < -0.3 is 9.88 Å². The van der Waals surface area contributed by atoms with E-state index >= 15 is 0 Å². The number of amides is 1. The Morgan fingerprint density at radius 2 is 1.73 bits per heavy atom. The van der Waals surface area contributed by atoms with Crippen molar-refractivity contribution in [1.82, 2.24) is 24.8 Å². The standard InChI is InChI=1S/C26H27N5O2/c32-23(13-21-19-3-1-2-4-20(19)22-16-28-17-31(21)22)25-5-8-26(9-6-25,10-7-25)24(33)30-15-18-14-27-11-12-29-18/h1-4,11-12,14,16-17,21H,5-10,13,15H2,(H,30,33). The van der Waals surface area contributed by atoms with Crippen molar-refractivity contribution in [1.29, 1.82) is 0 Å². The molecule has 0 radical (unpaired) electrons. The molecule has 168 valence electrons. The minimum Gasteiger partial charge on any atom is -0.350 e. The van der Waals surface area contributed by atoms with E-state index in [2.05, 4.69) is 37.0 Å². The third-order valence-corrected chi connectivity index (χ3v) is 8.34. The molecule has 3 aliphatic carbocycles. The summed E-state index contributed by atoms with van der Waals surface area (Å²) >= 11 is 0. The summed E-state index contributed by atoms with van der Waals surface area (Å²) < 4.78 is 2.15. The van der Waals surface area contributed by atoms with Crippen molar-refractivity contribution in [2.75, 3.05) is 0 Å². The molecule has 1 aromatic carbocycles. The van der Waals surface area contributed by atoms with Crippen molar-refractivity contribution in [3.8, 4) is 11.3 Å². The number of carbonyl (C=O) groups is 2. The molecule has 7 rings (SSSR count). The number of nitrogens with one attached hydrogen (secondary N) is 1. The van der Waals surface area contributed by atoms with Crippen LogP contribution in [0, 0.1) is 10.8 Å². The summed E-state index contributed by atoms with van der Waals surface area (Å²) in [5, 5.41) is 3.07. The third-order valence-electron chi connectivity index (χ3n) is 8.34. The summed E-state index contributed by atoms with van der Waals surface area (Å²) in [6.45, 7) is 0.396. The average Bonchev–Trinajstić information content (AvgIpc) is 3.47. The van der Waals surface area contributed by atoms with E-state index in [1.54, 1.807) is 18.6 Å². The Labute approximate surface area is 192 Å². The first kappa shape index (κ1) is 20.3. The molecule has 0 spiro atoms. The van der Waals surface area contributed by atoms with E-state index in [1.165, 1.54) is 11.1 Å². The van der Waals surface area contributed by atoms with E-state index in [1.807, 2.05) is 24.7 Å². The van der Waals surface area contributed by atoms with Crippen LogP contribution in [0.1, 0.15) is 62.2 Å². The Morgan fingerprint density at radius 1 is 0.970 bits per heavy atom. The van der Waals surface area contributed by atoms with Crippen LogP contribution in [0.3, 0.4) is 0 Å². The van der Waals surface area contributed by atoms with Crippen LogP contribution >= 0.6 is 0 Å². The first-order chi connectivity index (χ1) is 16.1. The van der Waals surface area contributed by atoms with Gasteiger partial charge in [-0.3, -0.25) is 19.6 Å². The van der Waals surface area contributed by atoms with Crippen LogP contribution in [0.2, 0.25) is 0 Å². The second-order valence-corrected chi connectivity index (χ2v) is 9.86. The zero-order valence-corrected chi connectivity index (χ0v) is 18.5. The van der Waals surface area contributed by atoms with E-state index in [0.717, 1.165) is 49.9 Å². The summed E-state index contributed by atoms with van der Waals surface area (Å²) in [5.41, 5.74) is 3.61. The maximum atomic E-state index is 13.7. The highest BCUT2D eigenvalue weighted by atomic mass is 16.2. The van der Waals surface area contributed by atoms with Crippen molar-refractivity contribution < 1.29 is 9.59 Å². The van der Waals surface area contributed by atoms with E-state index in [4.69, 9.17) is 0 Å². The van der Waals surface area contributed by atoms with Gasteiger partial charge in [0.1, 0.15) is 5.78 Å². The molecule has 1 unspecified atom stereocenters. The van der Waals surface area contributed by atoms with Crippen LogP contribution in [0.15, 0.2) is 55.4 Å². The number of nitrogens with zero attached hydrogens (tertiary/aromatic N) is 4. The van der Waals surface area contributed by atoms with Crippen LogP contribution < -0.4 is 5.32 Å². The maximum Gasteiger partial charge on any atom is 0.226 e. The Balaban J connectivity index is 1.14. The highest BCUT2D eigenvalue weighted by Gasteiger charge is 2.55. The molecule has 7 heteroatoms. The lowest BCUT2D eigenvalue weighted by Crippen LogP contribution is -2.52. The number of aromatic nitrogens is 4. The van der Waals surface area contributed by atoms with Crippen molar-refractivity contribution in [2.24, 2.45) is 10.8 Å². The van der Waals surface area contributed by atoms with Gasteiger partial charge in [0, 0.05) is 35.2 Å². The first-order valence-corrected chi connectivity index (χ1v) is 11.8. The average molecular weight is 442 g/mol. The fraction of sp³-hybridized carbons (Fsp3) is 0.423. The maximum absolute atomic E-state index is 13.7. The van der Waals surface area contributed by atoms with Gasteiger partial charge in [-0.15, -0.1) is 0 Å². The van der Waals surface area contributed by atoms with Gasteiger partial charge in [-0.2, -0.15) is 0 Å². The number of hydrogen-bond acceptors (Lipinski definition) is 5. The van der Waals surface area contributed by atoms with Gasteiger partial charge in [0.05, 0.1) is 42.7 Å². The number of Topliss-reactive ketones (excluding diaryl/α,β-unsaturated/α-hetero) is 1. The number of hydrogen-bond donors (Lipinski definition) is 1. The van der Waals surface area contributed by atoms with Crippen LogP contribution in [0.5, 0.6) is 0 Å². The fourth-order valence-corrected chi connectivity index (χ4v) is 6.26. The summed E-state index contributed by atoms with van der Waals surface area (Å²) in [4.78, 5) is 39.4. The van der Waals surface area contributed by atoms with Crippen LogP contribution in [-0.2, 0) is 16.1 Å². The topological polar surface area (TPSA) is 89.8 Å². The summed E-state index contributed by atoms with van der Waals surface area (Å²) in [5.74, 6) is 0.443. The third kappa shape index (κ3) is 3.21. The molecule has 2 aromatic heterocycles. The lowest BCUT2D eigenvalue weighted by Gasteiger charge is -2.51. The molecule has 1 amide bonds. The summed E-state index contributed by atoms with van der Waals surface area (Å²) in [6.07, 6.45) is 13.9. The van der Waals surface area contributed by atoms with E-state index in [0.29, 0.717) is 18.7 Å². The Bertz CT molecular complexity index is 1190. The molecule has 3 heterocycles. The van der Waals surface area contributed by atoms with Gasteiger partial charge in [0.15, 0.2) is 0 Å². The largest absolute Gasteiger partial charge is 0.350 e. The number of fused-ring (bicyclic) bond motifs is 6. The molecule has 3 aromatic rings. The normalized spacial score (nSPS) is 27.1. The van der Waals surface area contributed by atoms with Crippen LogP contribution in [0.25, 0.3) is 11.3 Å². The van der Waals surface area contributed by atoms with Gasteiger partial charge in [0.2, 0.25) is 5.91 Å². The molecule has 1 N–H and O–H groups in total. The highest BCUT2D eigenvalue weighted by molar-refractivity contribution is 5.89. The molecule has 3 saturated carbocycles. The molecule has 0 saturated heterocycles. The molecule has 33 heavy (non-hydrogen) atoms. The van der Waals surface area contributed by atoms with Crippen LogP contribution in [0.4, 0.5) is 0 Å². The van der Waals surface area contributed by atoms with Crippen molar-refractivity contribution in [2.45, 2.75) is 57.5 Å². The van der Waals surface area contributed by atoms with Gasteiger partial charge in [-0.05, 0) is 44.1 Å². The van der Waals surface area contributed by atoms with Gasteiger partial charge in [-0.25, -0.2) is 4.98 Å². The van der Waals surface area contributed by atoms with Crippen molar-refractivity contribution in [3.05, 3.63) is 66.6 Å². The van der Waals surface area contributed by atoms with E-state index in [9.17, 15) is 9.59 Å². The van der Waals surface area contributed by atoms with E-state index < -0.39 is 0 Å². The molecule has 4 aliphatic rings. The second kappa shape index (κ2) is 7.61. The van der Waals surface area contributed by atoms with Gasteiger partial charge >= 0.3 is 0 Å². The predicted octanol–water partition coefficient (Wildman–Crippen LogP) is 3.86. The second-order valence-electron chi connectivity index (χ2n) is 9.86. The molecule has 7 nitrogen and oxygen atoms in total. The first-order valence-electron chi connectivity index (χ1n) is 11.8. The molecule has 2 bridgehead atoms. The zero-order valence-electron chi connectivity index (χ0n) is 18.5. The number of rotatable bonds is 6. The minimum absolute atomic E-state index is 0.0180. The molecular formula is C26H27N5O2. The smallest absolute Gasteiger partial charge is 0.226 e. The molecular weight excluding hydrogens is 414 g/mol. The number of benzene rings is 1. The lowest BCUT2D eigenvalue weighted by molar-refractivity contribution is -0.149. The Hall–Kier alpha value is -3.35. The van der Waals surface area contributed by atoms with Crippen molar-refractivity contribution >= 4 is 11.7 Å². The van der Waals surface area contributed by atoms with Gasteiger partial charge in [-0.1, -0.05) is 24.3 Å². The molecule has 1 aliphatic heterocycles. The van der Waals surface area contributed by atoms with Crippen molar-refractivity contribution in [3.63, 3.8) is 0 Å². The lowest BCUT2D eigenvalue weighted by atomic mass is 9.51. The Morgan fingerprint density at radius 3 is 2.48 bits per heavy atom. The summed E-state index contributed by atoms with van der Waals surface area (Å²) in [6, 6.07) is 8.34. The SMILES string of the molecule is O=C(CC1c2ccccc2-c2cncn21)C12CCC(C(=O)NCc3cnccn3)(CC1)CC2. The Kier molecular flexibility index (Phi) is 4.67. The minimum atomic E-state index is -0.346. The zero-order chi connectivity index (χ0) is 22.5.